The second kappa shape index (κ2) is 12.1. The van der Waals surface area contributed by atoms with Crippen LogP contribution in [0.3, 0.4) is 0 Å². The van der Waals surface area contributed by atoms with E-state index in [0.717, 1.165) is 11.6 Å². The fraction of sp³-hybridized carbons (Fsp3) is 0.391. The molecule has 33 heavy (non-hydrogen) atoms. The number of carbonyl (C=O) groups is 2. The topological polar surface area (TPSA) is 96.9 Å². The van der Waals surface area contributed by atoms with Crippen molar-refractivity contribution in [2.45, 2.75) is 38.9 Å². The first-order valence-corrected chi connectivity index (χ1v) is 11.0. The molecule has 0 bridgehead atoms. The van der Waals surface area contributed by atoms with Gasteiger partial charge in [0.2, 0.25) is 0 Å². The number of benzene rings is 2. The molecule has 0 radical (unpaired) electrons. The summed E-state index contributed by atoms with van der Waals surface area (Å²) < 4.78 is 24.3. The van der Waals surface area contributed by atoms with Crippen molar-refractivity contribution in [3.8, 4) is 11.5 Å². The molecule has 0 aliphatic rings. The van der Waals surface area contributed by atoms with E-state index in [1.807, 2.05) is 6.92 Å². The van der Waals surface area contributed by atoms with E-state index in [-0.39, 0.29) is 36.9 Å². The number of amides is 2. The van der Waals surface area contributed by atoms with Crippen LogP contribution in [0.1, 0.15) is 25.8 Å². The van der Waals surface area contributed by atoms with Crippen LogP contribution < -0.4 is 20.1 Å². The molecular weight excluding hydrogens is 474 g/mol. The fourth-order valence-electron chi connectivity index (χ4n) is 2.69. The summed E-state index contributed by atoms with van der Waals surface area (Å²) in [6, 6.07) is 8.97. The maximum Gasteiger partial charge on any atom is 0.263 e. The lowest BCUT2D eigenvalue weighted by Crippen LogP contribution is -2.48. The zero-order valence-corrected chi connectivity index (χ0v) is 20.1. The lowest BCUT2D eigenvalue weighted by Gasteiger charge is -2.26. The molecule has 0 heterocycles. The Morgan fingerprint density at radius 2 is 1.76 bits per heavy atom. The van der Waals surface area contributed by atoms with E-state index < -0.39 is 29.3 Å². The standard InChI is InChI=1S/C23H27Cl2FN2O5/c1-14-10-17(5-6-18(14)24)33-23(2,3)22(31)28-12-15(29)8-9-27-21(30)13-32-16-4-7-19(25)20(26)11-16/h4-7,10-11,15,29H,8-9,12-13H2,1-3H3,(H,27,30)(H,28,31)/t15-/m0/s1. The monoisotopic (exact) mass is 500 g/mol. The van der Waals surface area contributed by atoms with E-state index in [0.29, 0.717) is 10.8 Å². The van der Waals surface area contributed by atoms with Crippen molar-refractivity contribution in [3.05, 3.63) is 57.8 Å². The van der Waals surface area contributed by atoms with Crippen LogP contribution in [0.2, 0.25) is 10.0 Å². The highest BCUT2D eigenvalue weighted by molar-refractivity contribution is 6.31. The van der Waals surface area contributed by atoms with E-state index in [4.69, 9.17) is 32.7 Å². The molecule has 0 fully saturated rings. The molecule has 0 aliphatic heterocycles. The Morgan fingerprint density at radius 1 is 1.09 bits per heavy atom. The number of aryl methyl sites for hydroxylation is 1. The molecule has 7 nitrogen and oxygen atoms in total. The minimum Gasteiger partial charge on any atom is -0.484 e. The summed E-state index contributed by atoms with van der Waals surface area (Å²) in [7, 11) is 0. The number of ether oxygens (including phenoxy) is 2. The van der Waals surface area contributed by atoms with Gasteiger partial charge in [-0.15, -0.1) is 0 Å². The summed E-state index contributed by atoms with van der Waals surface area (Å²) in [4.78, 5) is 24.3. The Kier molecular flexibility index (Phi) is 9.76. The molecule has 180 valence electrons. The Bertz CT molecular complexity index is 987. The summed E-state index contributed by atoms with van der Waals surface area (Å²) in [6.07, 6.45) is -0.673. The average Bonchev–Trinajstić information content (AvgIpc) is 2.75. The van der Waals surface area contributed by atoms with Gasteiger partial charge in [-0.3, -0.25) is 9.59 Å². The molecule has 0 aromatic heterocycles. The van der Waals surface area contributed by atoms with Crippen molar-refractivity contribution >= 4 is 35.0 Å². The summed E-state index contributed by atoms with van der Waals surface area (Å²) in [6.45, 7) is 4.90. The zero-order valence-electron chi connectivity index (χ0n) is 18.6. The van der Waals surface area contributed by atoms with Gasteiger partial charge in [0.15, 0.2) is 12.2 Å². The number of hydrogen-bond donors (Lipinski definition) is 3. The van der Waals surface area contributed by atoms with E-state index in [1.54, 1.807) is 32.0 Å². The van der Waals surface area contributed by atoms with Crippen LogP contribution in [0.4, 0.5) is 4.39 Å². The Morgan fingerprint density at radius 3 is 2.42 bits per heavy atom. The maximum atomic E-state index is 13.4. The van der Waals surface area contributed by atoms with Crippen LogP contribution >= 0.6 is 23.2 Å². The van der Waals surface area contributed by atoms with Gasteiger partial charge in [0.05, 0.1) is 11.1 Å². The molecule has 0 saturated carbocycles. The third-order valence-corrected chi connectivity index (χ3v) is 5.34. The van der Waals surface area contributed by atoms with Crippen LogP contribution in [-0.2, 0) is 9.59 Å². The summed E-state index contributed by atoms with van der Waals surface area (Å²) in [5, 5.41) is 15.9. The lowest BCUT2D eigenvalue weighted by molar-refractivity contribution is -0.134. The first-order chi connectivity index (χ1) is 15.5. The van der Waals surface area contributed by atoms with Crippen molar-refractivity contribution in [1.82, 2.24) is 10.6 Å². The highest BCUT2D eigenvalue weighted by Crippen LogP contribution is 2.24. The molecular formula is C23H27Cl2FN2O5. The van der Waals surface area contributed by atoms with Gasteiger partial charge in [-0.05, 0) is 63.1 Å². The van der Waals surface area contributed by atoms with E-state index in [9.17, 15) is 19.1 Å². The van der Waals surface area contributed by atoms with Crippen LogP contribution in [-0.4, -0.2) is 48.3 Å². The third-order valence-electron chi connectivity index (χ3n) is 4.61. The van der Waals surface area contributed by atoms with Gasteiger partial charge in [-0.1, -0.05) is 23.2 Å². The molecule has 2 aromatic carbocycles. The number of carbonyl (C=O) groups excluding carboxylic acids is 2. The molecule has 0 spiro atoms. The number of rotatable bonds is 11. The predicted octanol–water partition coefficient (Wildman–Crippen LogP) is 3.66. The van der Waals surface area contributed by atoms with Gasteiger partial charge >= 0.3 is 0 Å². The van der Waals surface area contributed by atoms with E-state index in [2.05, 4.69) is 10.6 Å². The van der Waals surface area contributed by atoms with E-state index >= 15 is 0 Å². The number of aliphatic hydroxyl groups excluding tert-OH is 1. The maximum absolute atomic E-state index is 13.4. The van der Waals surface area contributed by atoms with Crippen molar-refractivity contribution in [1.29, 1.82) is 0 Å². The number of nitrogens with one attached hydrogen (secondary N) is 2. The molecule has 10 heteroatoms. The molecule has 0 saturated heterocycles. The lowest BCUT2D eigenvalue weighted by atomic mass is 10.1. The summed E-state index contributed by atoms with van der Waals surface area (Å²) >= 11 is 11.6. The molecule has 2 amide bonds. The van der Waals surface area contributed by atoms with Crippen LogP contribution in [0.25, 0.3) is 0 Å². The molecule has 1 atom stereocenters. The van der Waals surface area contributed by atoms with Gasteiger partial charge < -0.3 is 25.2 Å². The van der Waals surface area contributed by atoms with Crippen molar-refractivity contribution in [2.24, 2.45) is 0 Å². The molecule has 0 aliphatic carbocycles. The SMILES string of the molecule is Cc1cc(OC(C)(C)C(=O)NC[C@@H](O)CCNC(=O)COc2ccc(Cl)c(F)c2)ccc1Cl. The predicted molar refractivity (Wildman–Crippen MR) is 124 cm³/mol. The van der Waals surface area contributed by atoms with Crippen LogP contribution in [0.15, 0.2) is 36.4 Å². The summed E-state index contributed by atoms with van der Waals surface area (Å²) in [5.41, 5.74) is -0.347. The largest absolute Gasteiger partial charge is 0.484 e. The first-order valence-electron chi connectivity index (χ1n) is 10.2. The first kappa shape index (κ1) is 26.7. The fourth-order valence-corrected chi connectivity index (χ4v) is 2.93. The minimum atomic E-state index is -1.17. The average molecular weight is 501 g/mol. The number of aliphatic hydroxyl groups is 1. The number of hydrogen-bond acceptors (Lipinski definition) is 5. The van der Waals surface area contributed by atoms with Gasteiger partial charge in [0, 0.05) is 24.2 Å². The van der Waals surface area contributed by atoms with Crippen molar-refractivity contribution in [3.63, 3.8) is 0 Å². The number of halogens is 3. The van der Waals surface area contributed by atoms with Gasteiger partial charge in [-0.25, -0.2) is 4.39 Å². The minimum absolute atomic E-state index is 0.0122. The second-order valence-electron chi connectivity index (χ2n) is 7.89. The van der Waals surface area contributed by atoms with Gasteiger partial charge in [-0.2, -0.15) is 0 Å². The molecule has 2 rings (SSSR count). The zero-order chi connectivity index (χ0) is 24.6. The smallest absolute Gasteiger partial charge is 0.263 e. The Labute approximate surface area is 202 Å². The molecule has 3 N–H and O–H groups in total. The van der Waals surface area contributed by atoms with E-state index in [1.165, 1.54) is 12.1 Å². The summed E-state index contributed by atoms with van der Waals surface area (Å²) in [5.74, 6) is -0.801. The van der Waals surface area contributed by atoms with Gasteiger partial charge in [0.25, 0.3) is 11.8 Å². The normalized spacial score (nSPS) is 12.1. The molecule has 0 unspecified atom stereocenters. The highest BCUT2D eigenvalue weighted by Gasteiger charge is 2.30. The van der Waals surface area contributed by atoms with Gasteiger partial charge in [0.1, 0.15) is 17.3 Å². The van der Waals surface area contributed by atoms with Crippen LogP contribution in [0.5, 0.6) is 11.5 Å². The van der Waals surface area contributed by atoms with Crippen molar-refractivity contribution < 1.29 is 28.6 Å². The quantitative estimate of drug-likeness (QED) is 0.437. The van der Waals surface area contributed by atoms with Crippen LogP contribution in [0, 0.1) is 12.7 Å². The van der Waals surface area contributed by atoms with Crippen molar-refractivity contribution in [2.75, 3.05) is 19.7 Å². The third kappa shape index (κ3) is 8.72. The molecule has 2 aromatic rings. The second-order valence-corrected chi connectivity index (χ2v) is 8.70. The Hall–Kier alpha value is -2.55. The Balaban J connectivity index is 1.68. The highest BCUT2D eigenvalue weighted by atomic mass is 35.5.